The van der Waals surface area contributed by atoms with Crippen molar-refractivity contribution in [1.82, 2.24) is 9.38 Å². The fourth-order valence-corrected chi connectivity index (χ4v) is 3.48. The summed E-state index contributed by atoms with van der Waals surface area (Å²) in [5, 5.41) is 0.566. The third-order valence-corrected chi connectivity index (χ3v) is 4.91. The fourth-order valence-electron chi connectivity index (χ4n) is 3.32. The van der Waals surface area contributed by atoms with Gasteiger partial charge in [0.25, 0.3) is 5.91 Å². The minimum Gasteiger partial charge on any atom is -0.303 e. The van der Waals surface area contributed by atoms with E-state index in [1.165, 1.54) is 0 Å². The Labute approximate surface area is 169 Å². The zero-order chi connectivity index (χ0) is 19.5. The first-order valence-corrected chi connectivity index (χ1v) is 9.62. The molecule has 2 heterocycles. The van der Waals surface area contributed by atoms with Crippen LogP contribution in [0.4, 0.5) is 5.69 Å². The van der Waals surface area contributed by atoms with Crippen LogP contribution in [0.25, 0.3) is 5.65 Å². The van der Waals surface area contributed by atoms with Crippen LogP contribution in [0.5, 0.6) is 0 Å². The number of para-hydroxylation sites is 1. The Balaban J connectivity index is 1.84. The average Bonchev–Trinajstić information content (AvgIpc) is 3.10. The first-order chi connectivity index (χ1) is 13.7. The number of pyridine rings is 1. The van der Waals surface area contributed by atoms with Gasteiger partial charge < -0.3 is 4.90 Å². The maximum atomic E-state index is 13.7. The first-order valence-electron chi connectivity index (χ1n) is 9.24. The Bertz CT molecular complexity index is 1110. The summed E-state index contributed by atoms with van der Waals surface area (Å²) in [4.78, 5) is 20.2. The lowest BCUT2D eigenvalue weighted by Gasteiger charge is -2.23. The van der Waals surface area contributed by atoms with Gasteiger partial charge in [-0.2, -0.15) is 0 Å². The molecule has 28 heavy (non-hydrogen) atoms. The topological polar surface area (TPSA) is 37.6 Å². The summed E-state index contributed by atoms with van der Waals surface area (Å²) in [6.07, 6.45) is 2.41. The van der Waals surface area contributed by atoms with Gasteiger partial charge in [0.15, 0.2) is 0 Å². The highest BCUT2D eigenvalue weighted by Crippen LogP contribution is 2.24. The predicted molar refractivity (Wildman–Crippen MR) is 113 cm³/mol. The molecule has 0 aliphatic heterocycles. The van der Waals surface area contributed by atoms with E-state index in [1.807, 2.05) is 73.7 Å². The monoisotopic (exact) mass is 389 g/mol. The molecule has 5 heteroatoms. The molecule has 0 spiro atoms. The largest absolute Gasteiger partial charge is 0.303 e. The Morgan fingerprint density at radius 1 is 1.00 bits per heavy atom. The van der Waals surface area contributed by atoms with Crippen molar-refractivity contribution in [2.24, 2.45) is 0 Å². The van der Waals surface area contributed by atoms with Crippen LogP contribution in [0, 0.1) is 0 Å². The van der Waals surface area contributed by atoms with Crippen LogP contribution in [0.1, 0.15) is 28.7 Å². The molecule has 0 fully saturated rings. The zero-order valence-electron chi connectivity index (χ0n) is 15.5. The van der Waals surface area contributed by atoms with Crippen LogP contribution < -0.4 is 4.90 Å². The number of nitrogens with zero attached hydrogens (tertiary/aromatic N) is 3. The molecule has 0 aliphatic carbocycles. The van der Waals surface area contributed by atoms with Crippen LogP contribution in [0.2, 0.25) is 5.02 Å². The van der Waals surface area contributed by atoms with E-state index in [1.54, 1.807) is 21.6 Å². The van der Waals surface area contributed by atoms with Crippen molar-refractivity contribution >= 4 is 28.8 Å². The molecule has 4 nitrogen and oxygen atoms in total. The number of fused-ring (bicyclic) bond motifs is 1. The summed E-state index contributed by atoms with van der Waals surface area (Å²) < 4.78 is 1.80. The summed E-state index contributed by atoms with van der Waals surface area (Å²) in [6, 6.07) is 23.3. The minimum atomic E-state index is -0.0957. The molecule has 0 saturated carbocycles. The number of rotatable bonds is 5. The number of aromatic nitrogens is 2. The van der Waals surface area contributed by atoms with E-state index < -0.39 is 0 Å². The lowest BCUT2D eigenvalue weighted by atomic mass is 10.1. The Morgan fingerprint density at radius 3 is 2.36 bits per heavy atom. The summed E-state index contributed by atoms with van der Waals surface area (Å²) >= 11 is 6.20. The highest BCUT2D eigenvalue weighted by molar-refractivity contribution is 6.30. The SMILES string of the molecule is CCc1nc2ccc(Cl)cn2c1C(=O)N(Cc1ccccc1)c1ccccc1. The van der Waals surface area contributed by atoms with Crippen LogP contribution in [0.15, 0.2) is 79.0 Å². The van der Waals surface area contributed by atoms with Crippen LogP contribution in [-0.4, -0.2) is 15.3 Å². The smallest absolute Gasteiger partial charge is 0.277 e. The van der Waals surface area contributed by atoms with Gasteiger partial charge in [0, 0.05) is 11.9 Å². The lowest BCUT2D eigenvalue weighted by Crippen LogP contribution is -2.32. The van der Waals surface area contributed by atoms with Gasteiger partial charge in [-0.15, -0.1) is 0 Å². The lowest BCUT2D eigenvalue weighted by molar-refractivity contribution is 0.0978. The summed E-state index contributed by atoms with van der Waals surface area (Å²) in [7, 11) is 0. The fraction of sp³-hybridized carbons (Fsp3) is 0.130. The van der Waals surface area contributed by atoms with Crippen molar-refractivity contribution in [3.63, 3.8) is 0 Å². The maximum absolute atomic E-state index is 13.7. The maximum Gasteiger partial charge on any atom is 0.277 e. The third kappa shape index (κ3) is 3.51. The number of halogens is 1. The van der Waals surface area contributed by atoms with Crippen LogP contribution >= 0.6 is 11.6 Å². The zero-order valence-corrected chi connectivity index (χ0v) is 16.3. The van der Waals surface area contributed by atoms with E-state index in [4.69, 9.17) is 11.6 Å². The number of hydrogen-bond acceptors (Lipinski definition) is 2. The van der Waals surface area contributed by atoms with Crippen LogP contribution in [0.3, 0.4) is 0 Å². The van der Waals surface area contributed by atoms with Gasteiger partial charge in [0.2, 0.25) is 0 Å². The highest BCUT2D eigenvalue weighted by Gasteiger charge is 2.25. The number of hydrogen-bond donors (Lipinski definition) is 0. The minimum absolute atomic E-state index is 0.0957. The van der Waals surface area contributed by atoms with Crippen molar-refractivity contribution < 1.29 is 4.79 Å². The van der Waals surface area contributed by atoms with Gasteiger partial charge in [0.05, 0.1) is 17.3 Å². The van der Waals surface area contributed by atoms with E-state index in [0.29, 0.717) is 23.7 Å². The van der Waals surface area contributed by atoms with E-state index in [-0.39, 0.29) is 5.91 Å². The van der Waals surface area contributed by atoms with E-state index >= 15 is 0 Å². The molecule has 4 rings (SSSR count). The van der Waals surface area contributed by atoms with Crippen molar-refractivity contribution in [1.29, 1.82) is 0 Å². The van der Waals surface area contributed by atoms with E-state index in [2.05, 4.69) is 4.98 Å². The summed E-state index contributed by atoms with van der Waals surface area (Å²) in [5.41, 5.74) is 3.94. The second-order valence-electron chi connectivity index (χ2n) is 6.55. The molecular weight excluding hydrogens is 370 g/mol. The molecule has 0 atom stereocenters. The molecule has 0 aliphatic rings. The molecular formula is C23H20ClN3O. The molecule has 0 bridgehead atoms. The Hall–Kier alpha value is -3.11. The molecule has 1 amide bonds. The quantitative estimate of drug-likeness (QED) is 0.458. The number of carbonyl (C=O) groups is 1. The van der Waals surface area contributed by atoms with Gasteiger partial charge in [-0.05, 0) is 36.2 Å². The normalized spacial score (nSPS) is 10.9. The molecule has 140 valence electrons. The summed E-state index contributed by atoms with van der Waals surface area (Å²) in [5.74, 6) is -0.0957. The number of imidazole rings is 1. The highest BCUT2D eigenvalue weighted by atomic mass is 35.5. The number of amides is 1. The second kappa shape index (κ2) is 7.87. The van der Waals surface area contributed by atoms with Crippen molar-refractivity contribution in [2.75, 3.05) is 4.90 Å². The molecule has 4 aromatic rings. The van der Waals surface area contributed by atoms with Gasteiger partial charge in [0.1, 0.15) is 11.3 Å². The van der Waals surface area contributed by atoms with Crippen LogP contribution in [-0.2, 0) is 13.0 Å². The predicted octanol–water partition coefficient (Wildman–Crippen LogP) is 5.40. The standard InChI is InChI=1S/C23H20ClN3O/c1-2-20-22(27-16-18(24)13-14-21(27)25-20)23(28)26(19-11-7-4-8-12-19)15-17-9-5-3-6-10-17/h3-14,16H,2,15H2,1H3. The van der Waals surface area contributed by atoms with Crippen molar-refractivity contribution in [3.8, 4) is 0 Å². The number of benzene rings is 2. The van der Waals surface area contributed by atoms with E-state index in [9.17, 15) is 4.79 Å². The number of carbonyl (C=O) groups excluding carboxylic acids is 1. The molecule has 0 N–H and O–H groups in total. The molecule has 0 radical (unpaired) electrons. The van der Waals surface area contributed by atoms with Gasteiger partial charge in [-0.1, -0.05) is 67.1 Å². The number of aryl methyl sites for hydroxylation is 1. The van der Waals surface area contributed by atoms with Gasteiger partial charge in [-0.3, -0.25) is 9.20 Å². The Kier molecular flexibility index (Phi) is 5.13. The average molecular weight is 390 g/mol. The van der Waals surface area contributed by atoms with Gasteiger partial charge in [-0.25, -0.2) is 4.98 Å². The molecule has 2 aromatic carbocycles. The molecule has 2 aromatic heterocycles. The Morgan fingerprint density at radius 2 is 1.68 bits per heavy atom. The van der Waals surface area contributed by atoms with E-state index in [0.717, 1.165) is 22.6 Å². The summed E-state index contributed by atoms with van der Waals surface area (Å²) in [6.45, 7) is 2.48. The second-order valence-corrected chi connectivity index (χ2v) is 6.99. The van der Waals surface area contributed by atoms with Crippen molar-refractivity contribution in [3.05, 3.63) is 101 Å². The number of anilines is 1. The first kappa shape index (κ1) is 18.3. The molecule has 0 unspecified atom stereocenters. The molecule has 0 saturated heterocycles. The van der Waals surface area contributed by atoms with Crippen molar-refractivity contribution in [2.45, 2.75) is 19.9 Å². The van der Waals surface area contributed by atoms with Gasteiger partial charge >= 0.3 is 0 Å². The third-order valence-electron chi connectivity index (χ3n) is 4.69.